The molecule has 0 spiro atoms. The molecule has 2 unspecified atom stereocenters. The lowest BCUT2D eigenvalue weighted by Crippen LogP contribution is -2.48. The lowest BCUT2D eigenvalue weighted by Gasteiger charge is -2.40. The number of likely N-dealkylation sites (tertiary alicyclic amines) is 2. The molecule has 2 saturated heterocycles. The molecular weight excluding hydrogens is 668 g/mol. The van der Waals surface area contributed by atoms with Gasteiger partial charge >= 0.3 is 0 Å². The number of fused-ring (bicyclic) bond motifs is 1. The molecule has 1 aromatic heterocycles. The maximum Gasteiger partial charge on any atom is 0.264 e. The summed E-state index contributed by atoms with van der Waals surface area (Å²) in [6.07, 6.45) is 1.74. The van der Waals surface area contributed by atoms with E-state index in [-0.39, 0.29) is 18.3 Å². The Labute approximate surface area is 298 Å². The van der Waals surface area contributed by atoms with Crippen molar-refractivity contribution >= 4 is 27.1 Å². The summed E-state index contributed by atoms with van der Waals surface area (Å²) < 4.78 is 46.7. The molecule has 266 valence electrons. The summed E-state index contributed by atoms with van der Waals surface area (Å²) in [5.41, 5.74) is 2.16. The SMILES string of the molecule is CS(=O)(=O)OC1CN(Cc2ccccc2)C(=O)C1(CCN1CCC(O)(c2nc3ccccc3n2Cc2ccc(F)cc2)CC1)Cc1ccccc1. The second-order valence-electron chi connectivity index (χ2n) is 14.0. The van der Waals surface area contributed by atoms with Gasteiger partial charge in [0.25, 0.3) is 10.1 Å². The highest BCUT2D eigenvalue weighted by Crippen LogP contribution is 2.43. The van der Waals surface area contributed by atoms with Crippen LogP contribution in [0.2, 0.25) is 0 Å². The Balaban J connectivity index is 1.13. The molecule has 0 aliphatic carbocycles. The summed E-state index contributed by atoms with van der Waals surface area (Å²) in [7, 11) is -3.87. The number of rotatable bonds is 12. The first kappa shape index (κ1) is 35.0. The summed E-state index contributed by atoms with van der Waals surface area (Å²) >= 11 is 0. The average Bonchev–Trinajstić information content (AvgIpc) is 3.60. The molecule has 5 aromatic rings. The number of aromatic nitrogens is 2. The van der Waals surface area contributed by atoms with Crippen LogP contribution in [-0.2, 0) is 44.2 Å². The first-order valence-electron chi connectivity index (χ1n) is 17.4. The number of para-hydroxylation sites is 2. The van der Waals surface area contributed by atoms with Gasteiger partial charge in [0.15, 0.2) is 0 Å². The number of imidazole rings is 1. The minimum Gasteiger partial charge on any atom is -0.382 e. The molecule has 11 heteroatoms. The lowest BCUT2D eigenvalue weighted by atomic mass is 9.75. The van der Waals surface area contributed by atoms with E-state index in [9.17, 15) is 22.7 Å². The van der Waals surface area contributed by atoms with Crippen molar-refractivity contribution in [1.29, 1.82) is 0 Å². The van der Waals surface area contributed by atoms with Crippen LogP contribution in [0.1, 0.15) is 41.8 Å². The summed E-state index contributed by atoms with van der Waals surface area (Å²) in [4.78, 5) is 23.4. The molecule has 2 atom stereocenters. The molecule has 0 saturated carbocycles. The van der Waals surface area contributed by atoms with Gasteiger partial charge in [-0.15, -0.1) is 0 Å². The second-order valence-corrected chi connectivity index (χ2v) is 15.6. The number of benzene rings is 4. The summed E-state index contributed by atoms with van der Waals surface area (Å²) in [5, 5.41) is 12.2. The van der Waals surface area contributed by atoms with E-state index in [0.29, 0.717) is 64.2 Å². The predicted octanol–water partition coefficient (Wildman–Crippen LogP) is 5.51. The number of hydrogen-bond donors (Lipinski definition) is 1. The second kappa shape index (κ2) is 14.3. The van der Waals surface area contributed by atoms with Crippen LogP contribution < -0.4 is 0 Å². The minimum absolute atomic E-state index is 0.119. The Morgan fingerprint density at radius 1 is 0.843 bits per heavy atom. The standard InChI is InChI=1S/C40H43FN4O5S/c1-51(48,49)50-36-29-44(27-31-12-6-3-7-13-31)38(46)39(36,26-30-10-4-2-5-11-30)20-23-43-24-21-40(47,22-25-43)37-42-34-14-8-9-15-35(34)45(37)28-32-16-18-33(41)19-17-32/h2-19,36,47H,20-29H2,1H3. The molecule has 0 radical (unpaired) electrons. The summed E-state index contributed by atoms with van der Waals surface area (Å²) in [5.74, 6) is 0.160. The van der Waals surface area contributed by atoms with E-state index in [1.54, 1.807) is 17.0 Å². The highest BCUT2D eigenvalue weighted by molar-refractivity contribution is 7.86. The topological polar surface area (TPSA) is 105 Å². The zero-order valence-electron chi connectivity index (χ0n) is 28.7. The van der Waals surface area contributed by atoms with Crippen molar-refractivity contribution in [1.82, 2.24) is 19.4 Å². The Hall–Kier alpha value is -4.42. The van der Waals surface area contributed by atoms with Gasteiger partial charge in [-0.05, 0) is 73.2 Å². The molecular formula is C40H43FN4O5S. The van der Waals surface area contributed by atoms with E-state index in [1.807, 2.05) is 89.5 Å². The van der Waals surface area contributed by atoms with Gasteiger partial charge in [-0.1, -0.05) is 84.9 Å². The van der Waals surface area contributed by atoms with Crippen LogP contribution in [0.25, 0.3) is 11.0 Å². The van der Waals surface area contributed by atoms with Gasteiger partial charge in [0, 0.05) is 32.7 Å². The van der Waals surface area contributed by atoms with E-state index in [1.165, 1.54) is 12.1 Å². The van der Waals surface area contributed by atoms with Crippen LogP contribution >= 0.6 is 0 Å². The maximum absolute atomic E-state index is 14.5. The number of hydrogen-bond acceptors (Lipinski definition) is 7. The van der Waals surface area contributed by atoms with E-state index >= 15 is 0 Å². The summed E-state index contributed by atoms with van der Waals surface area (Å²) in [6, 6.07) is 33.5. The molecule has 51 heavy (non-hydrogen) atoms. The van der Waals surface area contributed by atoms with Gasteiger partial charge in [-0.3, -0.25) is 8.98 Å². The molecule has 2 aliphatic rings. The van der Waals surface area contributed by atoms with Gasteiger partial charge in [-0.2, -0.15) is 8.42 Å². The van der Waals surface area contributed by atoms with Crippen molar-refractivity contribution in [3.63, 3.8) is 0 Å². The van der Waals surface area contributed by atoms with Crippen LogP contribution in [0.15, 0.2) is 109 Å². The first-order valence-corrected chi connectivity index (χ1v) is 19.2. The van der Waals surface area contributed by atoms with Crippen LogP contribution in [0.3, 0.4) is 0 Å². The zero-order valence-corrected chi connectivity index (χ0v) is 29.5. The first-order chi connectivity index (χ1) is 24.5. The number of aliphatic hydroxyl groups is 1. The molecule has 3 heterocycles. The van der Waals surface area contributed by atoms with Crippen molar-refractivity contribution in [2.75, 3.05) is 32.4 Å². The number of halogens is 1. The minimum atomic E-state index is -3.87. The number of piperidine rings is 1. The molecule has 0 bridgehead atoms. The number of carbonyl (C=O) groups excluding carboxylic acids is 1. The van der Waals surface area contributed by atoms with Crippen molar-refractivity contribution in [3.05, 3.63) is 138 Å². The van der Waals surface area contributed by atoms with Crippen LogP contribution in [0, 0.1) is 11.2 Å². The average molecular weight is 711 g/mol. The third-order valence-corrected chi connectivity index (χ3v) is 11.0. The largest absolute Gasteiger partial charge is 0.382 e. The fourth-order valence-corrected chi connectivity index (χ4v) is 8.45. The molecule has 9 nitrogen and oxygen atoms in total. The van der Waals surface area contributed by atoms with Crippen LogP contribution in [-0.4, -0.2) is 77.3 Å². The van der Waals surface area contributed by atoms with Crippen molar-refractivity contribution in [2.24, 2.45) is 5.41 Å². The van der Waals surface area contributed by atoms with Gasteiger partial charge < -0.3 is 19.5 Å². The molecule has 2 fully saturated rings. The Bertz CT molecular complexity index is 2080. The molecule has 2 aliphatic heterocycles. The van der Waals surface area contributed by atoms with E-state index in [4.69, 9.17) is 9.17 Å². The van der Waals surface area contributed by atoms with Crippen molar-refractivity contribution in [3.8, 4) is 0 Å². The predicted molar refractivity (Wildman–Crippen MR) is 194 cm³/mol. The number of carbonyl (C=O) groups is 1. The van der Waals surface area contributed by atoms with E-state index in [0.717, 1.165) is 34.0 Å². The van der Waals surface area contributed by atoms with E-state index < -0.39 is 27.2 Å². The number of nitrogens with zero attached hydrogens (tertiary/aromatic N) is 4. The Kier molecular flexibility index (Phi) is 9.82. The van der Waals surface area contributed by atoms with Crippen LogP contribution in [0.5, 0.6) is 0 Å². The maximum atomic E-state index is 14.5. The van der Waals surface area contributed by atoms with Crippen molar-refractivity contribution in [2.45, 2.75) is 50.5 Å². The highest BCUT2D eigenvalue weighted by atomic mass is 32.2. The fourth-order valence-electron chi connectivity index (χ4n) is 7.78. The smallest absolute Gasteiger partial charge is 0.264 e. The molecule has 1 amide bonds. The Morgan fingerprint density at radius 3 is 2.12 bits per heavy atom. The molecule has 1 N–H and O–H groups in total. The number of amides is 1. The zero-order chi connectivity index (χ0) is 35.6. The highest BCUT2D eigenvalue weighted by Gasteiger charge is 2.56. The van der Waals surface area contributed by atoms with Gasteiger partial charge in [0.05, 0.1) is 22.7 Å². The van der Waals surface area contributed by atoms with Crippen LogP contribution in [0.4, 0.5) is 4.39 Å². The molecule has 7 rings (SSSR count). The quantitative estimate of drug-likeness (QED) is 0.170. The van der Waals surface area contributed by atoms with Gasteiger partial charge in [0.1, 0.15) is 23.3 Å². The monoisotopic (exact) mass is 710 g/mol. The summed E-state index contributed by atoms with van der Waals surface area (Å²) in [6.45, 7) is 2.58. The molecule has 4 aromatic carbocycles. The van der Waals surface area contributed by atoms with Gasteiger partial charge in [0.2, 0.25) is 5.91 Å². The normalized spacial score (nSPS) is 21.0. The lowest BCUT2D eigenvalue weighted by molar-refractivity contribution is -0.139. The third-order valence-electron chi connectivity index (χ3n) is 10.5. The third kappa shape index (κ3) is 7.62. The fraction of sp³-hybridized carbons (Fsp3) is 0.350. The van der Waals surface area contributed by atoms with E-state index in [2.05, 4.69) is 4.90 Å². The Morgan fingerprint density at radius 2 is 1.45 bits per heavy atom. The van der Waals surface area contributed by atoms with Crippen molar-refractivity contribution < 1.29 is 26.9 Å². The van der Waals surface area contributed by atoms with Gasteiger partial charge in [-0.25, -0.2) is 9.37 Å².